The Kier molecular flexibility index (Phi) is 4.75. The first kappa shape index (κ1) is 18.6. The summed E-state index contributed by atoms with van der Waals surface area (Å²) in [6.07, 6.45) is 8.78. The lowest BCUT2D eigenvalue weighted by atomic mass is 9.95. The van der Waals surface area contributed by atoms with Crippen molar-refractivity contribution in [3.63, 3.8) is 0 Å². The van der Waals surface area contributed by atoms with Gasteiger partial charge in [-0.05, 0) is 69.1 Å². The van der Waals surface area contributed by atoms with Crippen LogP contribution in [0.5, 0.6) is 0 Å². The summed E-state index contributed by atoms with van der Waals surface area (Å²) < 4.78 is 2.38. The first-order chi connectivity index (χ1) is 14.1. The number of hydrogen-bond acceptors (Lipinski definition) is 3. The van der Waals surface area contributed by atoms with Crippen molar-refractivity contribution in [2.45, 2.75) is 51.6 Å². The predicted octanol–water partition coefficient (Wildman–Crippen LogP) is 4.31. The van der Waals surface area contributed by atoms with E-state index in [0.717, 1.165) is 54.2 Å². The van der Waals surface area contributed by atoms with Gasteiger partial charge < -0.3 is 9.47 Å². The molecule has 1 aromatic heterocycles. The standard InChI is InChI=1S/C25H29N3O/c1-27(2)13-6-4-3-5-7-17-8-9-18-12-14-28-21-11-10-19-15-26-16-20(19)23(21)25(29)22(17)24(18)28/h8-11,16H,3-7,12-15H2,1-2H3. The topological polar surface area (TPSA) is 37.6 Å². The molecular formula is C25H29N3O. The molecule has 0 saturated carbocycles. The van der Waals surface area contributed by atoms with Gasteiger partial charge in [0, 0.05) is 23.7 Å². The highest BCUT2D eigenvalue weighted by Gasteiger charge is 2.23. The fourth-order valence-electron chi connectivity index (χ4n) is 5.09. The zero-order valence-electron chi connectivity index (χ0n) is 17.5. The molecule has 2 aliphatic rings. The number of aryl methyl sites for hydroxylation is 3. The second-order valence-electron chi connectivity index (χ2n) is 8.81. The van der Waals surface area contributed by atoms with Gasteiger partial charge in [0.15, 0.2) is 5.43 Å². The molecule has 4 nitrogen and oxygen atoms in total. The molecular weight excluding hydrogens is 358 g/mol. The van der Waals surface area contributed by atoms with Gasteiger partial charge in [0.1, 0.15) is 0 Å². The average Bonchev–Trinajstić information content (AvgIpc) is 3.35. The Balaban J connectivity index is 1.55. The maximum Gasteiger partial charge on any atom is 0.198 e. The molecule has 0 bridgehead atoms. The maximum atomic E-state index is 13.7. The largest absolute Gasteiger partial charge is 0.340 e. The van der Waals surface area contributed by atoms with Crippen LogP contribution >= 0.6 is 0 Å². The van der Waals surface area contributed by atoms with Gasteiger partial charge in [-0.3, -0.25) is 9.79 Å². The molecule has 4 heteroatoms. The number of aliphatic imine (C=N–C) groups is 1. The second kappa shape index (κ2) is 7.42. The Morgan fingerprint density at radius 1 is 1.00 bits per heavy atom. The third kappa shape index (κ3) is 3.10. The highest BCUT2D eigenvalue weighted by Crippen LogP contribution is 2.33. The van der Waals surface area contributed by atoms with Crippen LogP contribution in [-0.4, -0.2) is 36.3 Å². The smallest absolute Gasteiger partial charge is 0.198 e. The summed E-state index contributed by atoms with van der Waals surface area (Å²) in [5.74, 6) is 0. The summed E-state index contributed by atoms with van der Waals surface area (Å²) in [5, 5.41) is 1.84. The molecule has 5 rings (SSSR count). The molecule has 2 aromatic carbocycles. The van der Waals surface area contributed by atoms with E-state index in [2.05, 4.69) is 52.8 Å². The monoisotopic (exact) mass is 387 g/mol. The van der Waals surface area contributed by atoms with E-state index in [1.165, 1.54) is 41.5 Å². The normalized spacial score (nSPS) is 14.6. The average molecular weight is 388 g/mol. The molecule has 0 spiro atoms. The van der Waals surface area contributed by atoms with Gasteiger partial charge in [-0.1, -0.05) is 31.0 Å². The molecule has 0 atom stereocenters. The van der Waals surface area contributed by atoms with E-state index in [0.29, 0.717) is 6.54 Å². The zero-order chi connectivity index (χ0) is 20.0. The number of hydrogen-bond donors (Lipinski definition) is 0. The minimum absolute atomic E-state index is 0.211. The Hall–Kier alpha value is -2.46. The van der Waals surface area contributed by atoms with Crippen molar-refractivity contribution in [1.82, 2.24) is 9.47 Å². The van der Waals surface area contributed by atoms with E-state index in [1.54, 1.807) is 0 Å². The summed E-state index contributed by atoms with van der Waals surface area (Å²) in [6.45, 7) is 2.82. The van der Waals surface area contributed by atoms with Crippen molar-refractivity contribution in [3.8, 4) is 0 Å². The SMILES string of the molecule is CN(C)CCCCCCc1ccc2c3c1c(=O)c1c4c(ccc1n3CC2)CN=C4. The molecule has 150 valence electrons. The highest BCUT2D eigenvalue weighted by atomic mass is 16.1. The molecule has 3 heterocycles. The molecule has 29 heavy (non-hydrogen) atoms. The van der Waals surface area contributed by atoms with Crippen LogP contribution in [0.15, 0.2) is 34.1 Å². The Bertz CT molecular complexity index is 1190. The van der Waals surface area contributed by atoms with Gasteiger partial charge >= 0.3 is 0 Å². The van der Waals surface area contributed by atoms with E-state index >= 15 is 0 Å². The van der Waals surface area contributed by atoms with Crippen LogP contribution in [0.25, 0.3) is 21.8 Å². The van der Waals surface area contributed by atoms with Gasteiger partial charge in [0.2, 0.25) is 0 Å². The lowest BCUT2D eigenvalue weighted by molar-refractivity contribution is 0.390. The van der Waals surface area contributed by atoms with Crippen molar-refractivity contribution in [2.75, 3.05) is 20.6 Å². The van der Waals surface area contributed by atoms with Crippen molar-refractivity contribution < 1.29 is 0 Å². The fourth-order valence-corrected chi connectivity index (χ4v) is 5.09. The lowest BCUT2D eigenvalue weighted by Gasteiger charge is -2.15. The summed E-state index contributed by atoms with van der Waals surface area (Å²) in [6, 6.07) is 8.76. The molecule has 0 amide bonds. The van der Waals surface area contributed by atoms with Gasteiger partial charge in [-0.15, -0.1) is 0 Å². The molecule has 0 unspecified atom stereocenters. The van der Waals surface area contributed by atoms with Gasteiger partial charge in [-0.2, -0.15) is 0 Å². The number of rotatable bonds is 7. The minimum Gasteiger partial charge on any atom is -0.340 e. The Morgan fingerprint density at radius 2 is 1.83 bits per heavy atom. The zero-order valence-corrected chi connectivity index (χ0v) is 17.5. The molecule has 0 N–H and O–H groups in total. The van der Waals surface area contributed by atoms with E-state index in [9.17, 15) is 4.79 Å². The van der Waals surface area contributed by atoms with Crippen LogP contribution in [0.1, 0.15) is 47.9 Å². The number of aromatic nitrogens is 1. The third-order valence-electron chi connectivity index (χ3n) is 6.56. The molecule has 0 fully saturated rings. The van der Waals surface area contributed by atoms with Crippen LogP contribution in [-0.2, 0) is 25.9 Å². The fraction of sp³-hybridized carbons (Fsp3) is 0.440. The van der Waals surface area contributed by atoms with Crippen LogP contribution < -0.4 is 5.43 Å². The number of fused-ring (bicyclic) bond motifs is 4. The molecule has 0 saturated heterocycles. The van der Waals surface area contributed by atoms with Crippen molar-refractivity contribution in [1.29, 1.82) is 0 Å². The van der Waals surface area contributed by atoms with Crippen LogP contribution in [0.4, 0.5) is 0 Å². The maximum absolute atomic E-state index is 13.7. The van der Waals surface area contributed by atoms with Gasteiger partial charge in [0.25, 0.3) is 0 Å². The van der Waals surface area contributed by atoms with Crippen molar-refractivity contribution >= 4 is 28.0 Å². The summed E-state index contributed by atoms with van der Waals surface area (Å²) in [5.41, 5.74) is 7.25. The highest BCUT2D eigenvalue weighted by molar-refractivity contribution is 6.06. The third-order valence-corrected chi connectivity index (χ3v) is 6.56. The van der Waals surface area contributed by atoms with E-state index < -0.39 is 0 Å². The van der Waals surface area contributed by atoms with E-state index in [1.807, 2.05) is 6.21 Å². The van der Waals surface area contributed by atoms with E-state index in [-0.39, 0.29) is 5.43 Å². The van der Waals surface area contributed by atoms with Gasteiger partial charge in [0.05, 0.1) is 23.0 Å². The quantitative estimate of drug-likeness (QED) is 0.448. The first-order valence-electron chi connectivity index (χ1n) is 10.9. The van der Waals surface area contributed by atoms with Crippen molar-refractivity contribution in [3.05, 3.63) is 56.7 Å². The Morgan fingerprint density at radius 3 is 2.69 bits per heavy atom. The number of pyridine rings is 1. The molecule has 0 radical (unpaired) electrons. The molecule has 2 aliphatic heterocycles. The summed E-state index contributed by atoms with van der Waals surface area (Å²) >= 11 is 0. The molecule has 0 aliphatic carbocycles. The lowest BCUT2D eigenvalue weighted by Crippen LogP contribution is -2.13. The van der Waals surface area contributed by atoms with Crippen molar-refractivity contribution in [2.24, 2.45) is 4.99 Å². The van der Waals surface area contributed by atoms with Crippen LogP contribution in [0.3, 0.4) is 0 Å². The number of nitrogens with zero attached hydrogens (tertiary/aromatic N) is 3. The molecule has 3 aromatic rings. The summed E-state index contributed by atoms with van der Waals surface area (Å²) in [4.78, 5) is 20.4. The Labute approximate surface area is 171 Å². The number of unbranched alkanes of at least 4 members (excludes halogenated alkanes) is 3. The van der Waals surface area contributed by atoms with E-state index in [4.69, 9.17) is 0 Å². The predicted molar refractivity (Wildman–Crippen MR) is 121 cm³/mol. The van der Waals surface area contributed by atoms with Crippen LogP contribution in [0.2, 0.25) is 0 Å². The summed E-state index contributed by atoms with van der Waals surface area (Å²) in [7, 11) is 4.26. The van der Waals surface area contributed by atoms with Crippen LogP contribution in [0, 0.1) is 0 Å². The minimum atomic E-state index is 0.211. The van der Waals surface area contributed by atoms with Gasteiger partial charge in [-0.25, -0.2) is 0 Å². The second-order valence-corrected chi connectivity index (χ2v) is 8.81. The number of benzene rings is 2. The first-order valence-corrected chi connectivity index (χ1v) is 10.9.